The molecule has 2 aliphatic rings. The first kappa shape index (κ1) is 34.1. The third-order valence-electron chi connectivity index (χ3n) is 9.48. The molecule has 1 saturated carbocycles. The fourth-order valence-electron chi connectivity index (χ4n) is 6.98. The second kappa shape index (κ2) is 15.2. The van der Waals surface area contributed by atoms with E-state index in [1.165, 1.54) is 6.33 Å². The maximum absolute atomic E-state index is 9.69. The number of benzene rings is 1. The highest BCUT2D eigenvalue weighted by atomic mass is 16.5. The monoisotopic (exact) mass is 693 g/mol. The van der Waals surface area contributed by atoms with Crippen molar-refractivity contribution in [2.24, 2.45) is 7.05 Å². The number of morpholine rings is 1. The second-order valence-electron chi connectivity index (χ2n) is 13.4. The summed E-state index contributed by atoms with van der Waals surface area (Å²) in [6.45, 7) is 8.96. The van der Waals surface area contributed by atoms with Crippen molar-refractivity contribution < 1.29 is 14.2 Å². The Kier molecular flexibility index (Phi) is 10.2. The minimum Gasteiger partial charge on any atom is -0.487 e. The number of aryl methyl sites for hydroxylation is 1. The van der Waals surface area contributed by atoms with Crippen molar-refractivity contribution in [3.8, 4) is 28.8 Å². The van der Waals surface area contributed by atoms with E-state index >= 15 is 0 Å². The zero-order valence-electron chi connectivity index (χ0n) is 29.3. The average molecular weight is 694 g/mol. The van der Waals surface area contributed by atoms with Gasteiger partial charge in [-0.05, 0) is 80.6 Å². The van der Waals surface area contributed by atoms with E-state index in [9.17, 15) is 5.26 Å². The molecule has 1 aliphatic carbocycles. The summed E-state index contributed by atoms with van der Waals surface area (Å²) in [5.41, 5.74) is 3.63. The van der Waals surface area contributed by atoms with Gasteiger partial charge < -0.3 is 19.5 Å². The van der Waals surface area contributed by atoms with Gasteiger partial charge in [0.05, 0.1) is 42.2 Å². The molecule has 7 rings (SSSR count). The zero-order valence-corrected chi connectivity index (χ0v) is 29.3. The molecule has 51 heavy (non-hydrogen) atoms. The van der Waals surface area contributed by atoms with Gasteiger partial charge >= 0.3 is 0 Å². The molecule has 16 nitrogen and oxygen atoms in total. The fraction of sp³-hybridized carbons (Fsp3) is 0.486. The smallest absolute Gasteiger partial charge is 0.257 e. The maximum atomic E-state index is 9.69. The number of nitrogens with one attached hydrogen (secondary N) is 1. The zero-order chi connectivity index (χ0) is 35.3. The van der Waals surface area contributed by atoms with Gasteiger partial charge in [0.2, 0.25) is 5.95 Å². The molecule has 266 valence electrons. The molecule has 3 atom stereocenters. The van der Waals surface area contributed by atoms with Gasteiger partial charge in [0.15, 0.2) is 0 Å². The normalized spacial score (nSPS) is 21.5. The lowest BCUT2D eigenvalue weighted by Crippen LogP contribution is -2.51. The van der Waals surface area contributed by atoms with Gasteiger partial charge in [0.1, 0.15) is 36.5 Å². The Bertz CT molecular complexity index is 1920. The molecular formula is C35H43N13O3. The maximum Gasteiger partial charge on any atom is 0.257 e. The summed E-state index contributed by atoms with van der Waals surface area (Å²) in [5, 5.41) is 33.4. The first-order chi connectivity index (χ1) is 24.8. The van der Waals surface area contributed by atoms with Crippen molar-refractivity contribution in [3.05, 3.63) is 66.6 Å². The second-order valence-corrected chi connectivity index (χ2v) is 13.4. The van der Waals surface area contributed by atoms with Crippen molar-refractivity contribution in [2.75, 3.05) is 18.4 Å². The summed E-state index contributed by atoms with van der Waals surface area (Å²) >= 11 is 0. The number of nitrogens with zero attached hydrogens (tertiary/aromatic N) is 12. The number of ether oxygens (including phenoxy) is 3. The van der Waals surface area contributed by atoms with Crippen LogP contribution in [0.1, 0.15) is 63.8 Å². The lowest BCUT2D eigenvalue weighted by Gasteiger charge is -2.42. The Balaban J connectivity index is 1.05. The minimum atomic E-state index is -0.277. The average Bonchev–Trinajstić information content (AvgIpc) is 3.89. The fourth-order valence-corrected chi connectivity index (χ4v) is 6.98. The molecule has 2 fully saturated rings. The predicted octanol–water partition coefficient (Wildman–Crippen LogP) is 4.31. The van der Waals surface area contributed by atoms with Crippen LogP contribution >= 0.6 is 0 Å². The van der Waals surface area contributed by atoms with Crippen LogP contribution in [0.3, 0.4) is 0 Å². The first-order valence-electron chi connectivity index (χ1n) is 17.4. The van der Waals surface area contributed by atoms with E-state index in [1.54, 1.807) is 34.0 Å². The molecule has 0 spiro atoms. The van der Waals surface area contributed by atoms with Crippen LogP contribution in [0, 0.1) is 11.3 Å². The van der Waals surface area contributed by atoms with Crippen LogP contribution in [0.15, 0.2) is 55.4 Å². The highest BCUT2D eigenvalue weighted by molar-refractivity contribution is 5.67. The number of aromatic nitrogens is 10. The Labute approximate surface area is 296 Å². The van der Waals surface area contributed by atoms with Gasteiger partial charge in [-0.15, -0.1) is 10.2 Å². The summed E-state index contributed by atoms with van der Waals surface area (Å²) in [4.78, 5) is 11.8. The van der Waals surface area contributed by atoms with E-state index in [0.29, 0.717) is 48.0 Å². The molecule has 4 aromatic heterocycles. The van der Waals surface area contributed by atoms with E-state index in [0.717, 1.165) is 55.6 Å². The Hall–Kier alpha value is -5.40. The summed E-state index contributed by atoms with van der Waals surface area (Å²) in [5.74, 6) is 1.35. The third-order valence-corrected chi connectivity index (χ3v) is 9.48. The van der Waals surface area contributed by atoms with E-state index in [4.69, 9.17) is 19.3 Å². The lowest BCUT2D eigenvalue weighted by molar-refractivity contribution is -0.0852. The molecule has 1 unspecified atom stereocenters. The van der Waals surface area contributed by atoms with Crippen LogP contribution in [0.5, 0.6) is 11.6 Å². The molecule has 1 aromatic carbocycles. The van der Waals surface area contributed by atoms with Gasteiger partial charge in [-0.3, -0.25) is 14.3 Å². The predicted molar refractivity (Wildman–Crippen MR) is 186 cm³/mol. The van der Waals surface area contributed by atoms with Crippen LogP contribution in [0.4, 0.5) is 11.6 Å². The number of hydrogen-bond donors (Lipinski definition) is 1. The molecule has 0 radical (unpaired) electrons. The van der Waals surface area contributed by atoms with Crippen molar-refractivity contribution in [2.45, 2.75) is 90.0 Å². The van der Waals surface area contributed by atoms with E-state index in [2.05, 4.69) is 60.7 Å². The highest BCUT2D eigenvalue weighted by Crippen LogP contribution is 2.36. The number of hydrogen-bond acceptors (Lipinski definition) is 13. The topological polar surface area (TPSA) is 172 Å². The van der Waals surface area contributed by atoms with Crippen molar-refractivity contribution in [1.29, 1.82) is 5.26 Å². The standard InChI is InChI=1S/C35H43N13O3/c1-23-17-46(18-24(2)50-23)29-7-9-30(10-8-29)48-20-32(34(42-48)49-21-31-11-12-40-45(31)4)41-35-37-15-28(16-38-35)26-5-6-27(14-36)33(13-26)51-25(3)19-47-22-39-43-44-47/h5-6,11-13,15-16,20,22-25,29-30H,7-10,17-19,21H2,1-4H3,(H,37,38,41)/t23-,24+,25?,29?,30?. The van der Waals surface area contributed by atoms with E-state index in [-0.39, 0.29) is 24.4 Å². The molecule has 0 bridgehead atoms. The number of nitriles is 1. The Morgan fingerprint density at radius 2 is 1.80 bits per heavy atom. The Morgan fingerprint density at radius 1 is 1.04 bits per heavy atom. The van der Waals surface area contributed by atoms with E-state index < -0.39 is 0 Å². The minimum absolute atomic E-state index is 0.262. The van der Waals surface area contributed by atoms with Crippen molar-refractivity contribution in [1.82, 2.24) is 54.6 Å². The van der Waals surface area contributed by atoms with Gasteiger partial charge in [-0.25, -0.2) is 14.6 Å². The number of tetrazole rings is 1. The van der Waals surface area contributed by atoms with Crippen LogP contribution in [0.25, 0.3) is 11.1 Å². The molecule has 0 amide bonds. The summed E-state index contributed by atoms with van der Waals surface area (Å²) in [7, 11) is 1.89. The molecule has 1 N–H and O–H groups in total. The Morgan fingerprint density at radius 3 is 2.49 bits per heavy atom. The molecule has 5 heterocycles. The molecule has 5 aromatic rings. The van der Waals surface area contributed by atoms with Crippen LogP contribution < -0.4 is 14.8 Å². The summed E-state index contributed by atoms with van der Waals surface area (Å²) in [6, 6.07) is 10.4. The molecule has 1 aliphatic heterocycles. The number of anilines is 2. The van der Waals surface area contributed by atoms with Crippen molar-refractivity contribution in [3.63, 3.8) is 0 Å². The van der Waals surface area contributed by atoms with E-state index in [1.807, 2.05) is 43.0 Å². The summed E-state index contributed by atoms with van der Waals surface area (Å²) in [6.07, 6.45) is 13.3. The molecular weight excluding hydrogens is 650 g/mol. The first-order valence-corrected chi connectivity index (χ1v) is 17.4. The van der Waals surface area contributed by atoms with Crippen LogP contribution in [-0.2, 0) is 24.9 Å². The largest absolute Gasteiger partial charge is 0.487 e. The third kappa shape index (κ3) is 8.16. The number of rotatable bonds is 12. The van der Waals surface area contributed by atoms with Crippen molar-refractivity contribution >= 4 is 11.6 Å². The quantitative estimate of drug-likeness (QED) is 0.196. The lowest BCUT2D eigenvalue weighted by atomic mass is 9.89. The van der Waals surface area contributed by atoms with Crippen LogP contribution in [0.2, 0.25) is 0 Å². The van der Waals surface area contributed by atoms with Crippen LogP contribution in [-0.4, -0.2) is 92.1 Å². The van der Waals surface area contributed by atoms with Gasteiger partial charge in [-0.2, -0.15) is 10.4 Å². The van der Waals surface area contributed by atoms with Gasteiger partial charge in [-0.1, -0.05) is 6.07 Å². The van der Waals surface area contributed by atoms with Gasteiger partial charge in [0.25, 0.3) is 5.88 Å². The van der Waals surface area contributed by atoms with Gasteiger partial charge in [0, 0.05) is 50.3 Å². The SMILES string of the molecule is CC(Cn1cnnn1)Oc1cc(-c2cnc(Nc3cn(C4CCC(N5C[C@@H](C)O[C@@H](C)C5)CC4)nc3OCc3ccnn3C)nc2)ccc1C#N. The molecule has 1 saturated heterocycles. The molecule has 16 heteroatoms. The summed E-state index contributed by atoms with van der Waals surface area (Å²) < 4.78 is 23.7. The highest BCUT2D eigenvalue weighted by Gasteiger charge is 2.32.